The van der Waals surface area contributed by atoms with Crippen molar-refractivity contribution in [3.63, 3.8) is 0 Å². The fraction of sp³-hybridized carbons (Fsp3) is 0.615. The maximum atomic E-state index is 12.0. The molecule has 1 saturated carbocycles. The summed E-state index contributed by atoms with van der Waals surface area (Å²) in [6.45, 7) is 2.80. The Hall–Kier alpha value is -0.870. The topological polar surface area (TPSA) is 38.3 Å². The molecule has 0 amide bonds. The molecule has 17 heavy (non-hydrogen) atoms. The number of thiophene rings is 1. The summed E-state index contributed by atoms with van der Waals surface area (Å²) < 4.78 is 4.98. The molecule has 0 saturated heterocycles. The third-order valence-electron chi connectivity index (χ3n) is 3.54. The maximum Gasteiger partial charge on any atom is 0.326 e. The fourth-order valence-corrected chi connectivity index (χ4v) is 3.00. The molecule has 0 spiro atoms. The number of esters is 1. The van der Waals surface area contributed by atoms with Crippen molar-refractivity contribution < 1.29 is 9.53 Å². The lowest BCUT2D eigenvalue weighted by atomic mass is 9.90. The molecule has 2 rings (SSSR count). The minimum atomic E-state index is -0.473. The van der Waals surface area contributed by atoms with E-state index in [9.17, 15) is 4.79 Å². The highest BCUT2D eigenvalue weighted by molar-refractivity contribution is 7.09. The number of carbonyl (C=O) groups is 1. The average Bonchev–Trinajstić information content (AvgIpc) is 3.07. The van der Waals surface area contributed by atoms with Gasteiger partial charge in [-0.1, -0.05) is 13.0 Å². The van der Waals surface area contributed by atoms with E-state index in [0.717, 1.165) is 25.8 Å². The largest absolute Gasteiger partial charge is 0.468 e. The Kier molecular flexibility index (Phi) is 3.84. The number of carbonyl (C=O) groups excluding carboxylic acids is 1. The molecule has 1 aliphatic carbocycles. The van der Waals surface area contributed by atoms with Gasteiger partial charge in [0, 0.05) is 11.4 Å². The molecule has 1 aromatic heterocycles. The monoisotopic (exact) mass is 253 g/mol. The van der Waals surface area contributed by atoms with E-state index in [1.54, 1.807) is 11.3 Å². The van der Waals surface area contributed by atoms with Crippen molar-refractivity contribution in [2.24, 2.45) is 5.92 Å². The van der Waals surface area contributed by atoms with Gasteiger partial charge in [-0.05, 0) is 36.6 Å². The third kappa shape index (κ3) is 2.53. The number of hydrogen-bond acceptors (Lipinski definition) is 4. The van der Waals surface area contributed by atoms with E-state index in [1.165, 1.54) is 12.0 Å². The van der Waals surface area contributed by atoms with Crippen molar-refractivity contribution >= 4 is 17.3 Å². The van der Waals surface area contributed by atoms with Crippen LogP contribution >= 0.6 is 11.3 Å². The Bertz CT molecular complexity index is 373. The van der Waals surface area contributed by atoms with E-state index in [4.69, 9.17) is 4.74 Å². The van der Waals surface area contributed by atoms with Crippen LogP contribution in [-0.4, -0.2) is 18.6 Å². The van der Waals surface area contributed by atoms with Crippen LogP contribution in [0, 0.1) is 5.92 Å². The second-order valence-corrected chi connectivity index (χ2v) is 5.56. The number of ether oxygens (including phenoxy) is 1. The normalized spacial score (nSPS) is 18.7. The summed E-state index contributed by atoms with van der Waals surface area (Å²) in [6.07, 6.45) is 3.04. The predicted octanol–water partition coefficient (Wildman–Crippen LogP) is 2.57. The molecule has 1 atom stereocenters. The van der Waals surface area contributed by atoms with Gasteiger partial charge in [-0.2, -0.15) is 0 Å². The van der Waals surface area contributed by atoms with E-state index in [2.05, 4.69) is 23.7 Å². The van der Waals surface area contributed by atoms with Crippen molar-refractivity contribution in [2.45, 2.75) is 38.3 Å². The third-order valence-corrected chi connectivity index (χ3v) is 4.42. The quantitative estimate of drug-likeness (QED) is 0.792. The van der Waals surface area contributed by atoms with Crippen molar-refractivity contribution in [3.8, 4) is 0 Å². The van der Waals surface area contributed by atoms with Crippen molar-refractivity contribution in [3.05, 3.63) is 22.4 Å². The SMILES string of the molecule is CCC(NCc1cccs1)(C(=O)OC)C1CC1. The van der Waals surface area contributed by atoms with Crippen molar-refractivity contribution in [1.29, 1.82) is 0 Å². The Labute approximate surface area is 106 Å². The highest BCUT2D eigenvalue weighted by atomic mass is 32.1. The van der Waals surface area contributed by atoms with E-state index in [0.29, 0.717) is 5.92 Å². The molecule has 0 aliphatic heterocycles. The molecule has 0 aromatic carbocycles. The Morgan fingerprint density at radius 1 is 1.65 bits per heavy atom. The Morgan fingerprint density at radius 3 is 2.88 bits per heavy atom. The second-order valence-electron chi connectivity index (χ2n) is 4.52. The highest BCUT2D eigenvalue weighted by Crippen LogP contribution is 2.42. The van der Waals surface area contributed by atoms with Crippen LogP contribution in [0.15, 0.2) is 17.5 Å². The van der Waals surface area contributed by atoms with Gasteiger partial charge < -0.3 is 4.74 Å². The zero-order valence-electron chi connectivity index (χ0n) is 10.4. The predicted molar refractivity (Wildman–Crippen MR) is 68.9 cm³/mol. The molecule has 0 radical (unpaired) electrons. The lowest BCUT2D eigenvalue weighted by Gasteiger charge is -2.31. The zero-order valence-corrected chi connectivity index (χ0v) is 11.2. The fourth-order valence-electron chi connectivity index (χ4n) is 2.36. The van der Waals surface area contributed by atoms with Crippen molar-refractivity contribution in [2.75, 3.05) is 7.11 Å². The standard InChI is InChI=1S/C13H19NO2S/c1-3-13(10-6-7-10,12(15)16-2)14-9-11-5-4-8-17-11/h4-5,8,10,14H,3,6-7,9H2,1-2H3. The molecular weight excluding hydrogens is 234 g/mol. The number of rotatable bonds is 6. The van der Waals surface area contributed by atoms with Crippen LogP contribution in [0.1, 0.15) is 31.1 Å². The van der Waals surface area contributed by atoms with Gasteiger partial charge in [-0.3, -0.25) is 10.1 Å². The molecule has 94 valence electrons. The molecule has 1 N–H and O–H groups in total. The highest BCUT2D eigenvalue weighted by Gasteiger charge is 2.50. The first kappa shape index (κ1) is 12.6. The first-order valence-corrected chi connectivity index (χ1v) is 6.96. The summed E-state index contributed by atoms with van der Waals surface area (Å²) >= 11 is 1.71. The lowest BCUT2D eigenvalue weighted by Crippen LogP contribution is -2.53. The van der Waals surface area contributed by atoms with E-state index >= 15 is 0 Å². The van der Waals surface area contributed by atoms with Crippen LogP contribution in [0.5, 0.6) is 0 Å². The van der Waals surface area contributed by atoms with Crippen LogP contribution < -0.4 is 5.32 Å². The smallest absolute Gasteiger partial charge is 0.326 e. The summed E-state index contributed by atoms with van der Waals surface area (Å²) in [5, 5.41) is 5.49. The Morgan fingerprint density at radius 2 is 2.41 bits per heavy atom. The van der Waals surface area contributed by atoms with E-state index < -0.39 is 5.54 Å². The van der Waals surface area contributed by atoms with Gasteiger partial charge in [0.1, 0.15) is 5.54 Å². The molecule has 1 unspecified atom stereocenters. The summed E-state index contributed by atoms with van der Waals surface area (Å²) in [7, 11) is 1.47. The van der Waals surface area contributed by atoms with Gasteiger partial charge in [-0.25, -0.2) is 0 Å². The van der Waals surface area contributed by atoms with Gasteiger partial charge in [0.15, 0.2) is 0 Å². The second kappa shape index (κ2) is 5.19. The molecule has 1 aliphatic rings. The molecule has 0 bridgehead atoms. The molecule has 3 nitrogen and oxygen atoms in total. The molecule has 1 fully saturated rings. The lowest BCUT2D eigenvalue weighted by molar-refractivity contribution is -0.150. The van der Waals surface area contributed by atoms with Crippen LogP contribution in [0.25, 0.3) is 0 Å². The number of methoxy groups -OCH3 is 1. The van der Waals surface area contributed by atoms with E-state index in [1.807, 2.05) is 6.07 Å². The minimum Gasteiger partial charge on any atom is -0.468 e. The number of nitrogens with one attached hydrogen (secondary N) is 1. The molecular formula is C13H19NO2S. The van der Waals surface area contributed by atoms with Crippen molar-refractivity contribution in [1.82, 2.24) is 5.32 Å². The van der Waals surface area contributed by atoms with Crippen LogP contribution in [0.4, 0.5) is 0 Å². The van der Waals surface area contributed by atoms with Crippen LogP contribution in [-0.2, 0) is 16.1 Å². The molecule has 4 heteroatoms. The van der Waals surface area contributed by atoms with Gasteiger partial charge in [0.2, 0.25) is 0 Å². The first-order valence-electron chi connectivity index (χ1n) is 6.08. The molecule has 1 heterocycles. The summed E-state index contributed by atoms with van der Waals surface area (Å²) in [5.74, 6) is 0.332. The summed E-state index contributed by atoms with van der Waals surface area (Å²) in [5.41, 5.74) is -0.473. The average molecular weight is 253 g/mol. The Balaban J connectivity index is 2.07. The number of hydrogen-bond donors (Lipinski definition) is 1. The first-order chi connectivity index (χ1) is 8.23. The summed E-state index contributed by atoms with van der Waals surface area (Å²) in [6, 6.07) is 4.12. The van der Waals surface area contributed by atoms with Gasteiger partial charge in [0.05, 0.1) is 7.11 Å². The maximum absolute atomic E-state index is 12.0. The van der Waals surface area contributed by atoms with Crippen LogP contribution in [0.3, 0.4) is 0 Å². The molecule has 1 aromatic rings. The summed E-state index contributed by atoms with van der Waals surface area (Å²) in [4.78, 5) is 13.3. The zero-order chi connectivity index (χ0) is 12.3. The van der Waals surface area contributed by atoms with E-state index in [-0.39, 0.29) is 5.97 Å². The van der Waals surface area contributed by atoms with Gasteiger partial charge in [-0.15, -0.1) is 11.3 Å². The van der Waals surface area contributed by atoms with Gasteiger partial charge in [0.25, 0.3) is 0 Å². The minimum absolute atomic E-state index is 0.112. The van der Waals surface area contributed by atoms with Gasteiger partial charge >= 0.3 is 5.97 Å². The van der Waals surface area contributed by atoms with Crippen LogP contribution in [0.2, 0.25) is 0 Å².